The van der Waals surface area contributed by atoms with Gasteiger partial charge in [0.15, 0.2) is 23.0 Å². The topological polar surface area (TPSA) is 132 Å². The molecule has 0 saturated heterocycles. The predicted molar refractivity (Wildman–Crippen MR) is 139 cm³/mol. The van der Waals surface area contributed by atoms with Gasteiger partial charge in [0.25, 0.3) is 5.56 Å². The highest BCUT2D eigenvalue weighted by atomic mass is 16.7. The molecule has 0 spiro atoms. The Morgan fingerprint density at radius 3 is 2.59 bits per heavy atom. The van der Waals surface area contributed by atoms with Crippen molar-refractivity contribution >= 4 is 10.9 Å². The van der Waals surface area contributed by atoms with E-state index in [4.69, 9.17) is 28.4 Å². The average molecular weight is 530 g/mol. The van der Waals surface area contributed by atoms with Crippen LogP contribution in [0.25, 0.3) is 28.0 Å². The summed E-state index contributed by atoms with van der Waals surface area (Å²) in [6.45, 7) is 0.244. The Morgan fingerprint density at radius 2 is 1.77 bits per heavy atom. The molecule has 0 radical (unpaired) electrons. The van der Waals surface area contributed by atoms with Gasteiger partial charge >= 0.3 is 0 Å². The van der Waals surface area contributed by atoms with E-state index in [0.29, 0.717) is 68.2 Å². The Bertz CT molecular complexity index is 1750. The molecule has 1 aliphatic rings. The van der Waals surface area contributed by atoms with Crippen LogP contribution < -0.4 is 34.0 Å². The molecule has 198 valence electrons. The minimum absolute atomic E-state index is 0.0896. The van der Waals surface area contributed by atoms with E-state index < -0.39 is 0 Å². The van der Waals surface area contributed by atoms with E-state index in [1.54, 1.807) is 73.6 Å². The number of nitrogens with one attached hydrogen (secondary N) is 1. The molecular weight excluding hydrogens is 506 g/mol. The molecule has 6 rings (SSSR count). The standard InChI is InChI=1S/C27H23N5O7/c1-34-17-5-7-21(35-2)20(9-17)32-12-16(30-31-32)13-37-25-11-19-18(10-23(25)36-3)27(33)29-26(28-19)15-4-6-22-24(8-15)39-14-38-22/h4-12H,13-14H2,1-3H3,(H,28,29,33). The van der Waals surface area contributed by atoms with Crippen LogP contribution >= 0.6 is 0 Å². The summed E-state index contributed by atoms with van der Waals surface area (Å²) in [5.74, 6) is 3.66. The molecule has 0 fully saturated rings. The maximum absolute atomic E-state index is 12.9. The maximum atomic E-state index is 12.9. The van der Waals surface area contributed by atoms with Crippen LogP contribution in [0.2, 0.25) is 0 Å². The zero-order valence-electron chi connectivity index (χ0n) is 21.3. The Labute approximate surface area is 221 Å². The van der Waals surface area contributed by atoms with Crippen LogP contribution in [0.3, 0.4) is 0 Å². The molecule has 2 aromatic heterocycles. The normalized spacial score (nSPS) is 12.0. The summed E-state index contributed by atoms with van der Waals surface area (Å²) < 4.78 is 34.7. The van der Waals surface area contributed by atoms with Crippen LogP contribution in [0, 0.1) is 0 Å². The zero-order chi connectivity index (χ0) is 26.9. The SMILES string of the molecule is COc1ccc(OC)c(-n2cc(COc3cc4nc(-c5ccc6c(c5)OCO6)[nH]c(=O)c4cc3OC)nn2)c1. The van der Waals surface area contributed by atoms with Crippen LogP contribution in [-0.2, 0) is 6.61 Å². The molecular formula is C27H23N5O7. The highest BCUT2D eigenvalue weighted by Gasteiger charge is 2.17. The molecule has 3 aromatic carbocycles. The van der Waals surface area contributed by atoms with Crippen molar-refractivity contribution in [3.05, 3.63) is 70.8 Å². The number of fused-ring (bicyclic) bond motifs is 2. The Hall–Kier alpha value is -5.26. The van der Waals surface area contributed by atoms with Crippen molar-refractivity contribution in [2.45, 2.75) is 6.61 Å². The number of H-pyrrole nitrogens is 1. The van der Waals surface area contributed by atoms with E-state index in [0.717, 1.165) is 0 Å². The third-order valence-corrected chi connectivity index (χ3v) is 6.19. The van der Waals surface area contributed by atoms with Gasteiger partial charge in [-0.3, -0.25) is 4.79 Å². The largest absolute Gasteiger partial charge is 0.497 e. The van der Waals surface area contributed by atoms with Crippen LogP contribution in [0.15, 0.2) is 59.5 Å². The van der Waals surface area contributed by atoms with Crippen molar-refractivity contribution in [2.24, 2.45) is 0 Å². The molecule has 1 aliphatic heterocycles. The van der Waals surface area contributed by atoms with Crippen molar-refractivity contribution in [3.8, 4) is 51.6 Å². The molecule has 0 atom stereocenters. The van der Waals surface area contributed by atoms with Crippen molar-refractivity contribution in [1.82, 2.24) is 25.0 Å². The van der Waals surface area contributed by atoms with E-state index in [-0.39, 0.29) is 19.0 Å². The molecule has 0 bridgehead atoms. The summed E-state index contributed by atoms with van der Waals surface area (Å²) in [5, 5.41) is 8.77. The molecule has 0 saturated carbocycles. The predicted octanol–water partition coefficient (Wildman–Crippen LogP) is 3.50. The summed E-state index contributed by atoms with van der Waals surface area (Å²) in [5.41, 5.74) is 2.03. The minimum Gasteiger partial charge on any atom is -0.497 e. The Kier molecular flexibility index (Phi) is 6.11. The number of rotatable bonds is 8. The van der Waals surface area contributed by atoms with Crippen molar-refractivity contribution in [2.75, 3.05) is 28.1 Å². The summed E-state index contributed by atoms with van der Waals surface area (Å²) in [6.07, 6.45) is 1.73. The van der Waals surface area contributed by atoms with E-state index in [1.165, 1.54) is 7.11 Å². The van der Waals surface area contributed by atoms with Gasteiger partial charge in [-0.2, -0.15) is 0 Å². The van der Waals surface area contributed by atoms with Crippen LogP contribution in [0.4, 0.5) is 0 Å². The van der Waals surface area contributed by atoms with Crippen molar-refractivity contribution in [1.29, 1.82) is 0 Å². The first kappa shape index (κ1) is 24.1. The van der Waals surface area contributed by atoms with Crippen LogP contribution in [0.5, 0.6) is 34.5 Å². The second kappa shape index (κ2) is 9.89. The molecule has 12 heteroatoms. The second-order valence-electron chi connectivity index (χ2n) is 8.48. The first-order valence-corrected chi connectivity index (χ1v) is 11.8. The summed E-state index contributed by atoms with van der Waals surface area (Å²) in [4.78, 5) is 20.4. The molecule has 5 aromatic rings. The van der Waals surface area contributed by atoms with Gasteiger partial charge in [0, 0.05) is 17.7 Å². The molecule has 0 aliphatic carbocycles. The third kappa shape index (κ3) is 4.52. The third-order valence-electron chi connectivity index (χ3n) is 6.19. The van der Waals surface area contributed by atoms with Crippen LogP contribution in [0.1, 0.15) is 5.69 Å². The van der Waals surface area contributed by atoms with Crippen LogP contribution in [-0.4, -0.2) is 53.1 Å². The minimum atomic E-state index is -0.312. The fourth-order valence-corrected chi connectivity index (χ4v) is 4.21. The molecule has 0 amide bonds. The lowest BCUT2D eigenvalue weighted by molar-refractivity contribution is 0.174. The quantitative estimate of drug-likeness (QED) is 0.318. The van der Waals surface area contributed by atoms with Gasteiger partial charge in [-0.15, -0.1) is 5.10 Å². The number of aromatic nitrogens is 5. The van der Waals surface area contributed by atoms with Crippen molar-refractivity contribution in [3.63, 3.8) is 0 Å². The van der Waals surface area contributed by atoms with E-state index in [1.807, 2.05) is 0 Å². The molecule has 12 nitrogen and oxygen atoms in total. The lowest BCUT2D eigenvalue weighted by Gasteiger charge is -2.11. The Balaban J connectivity index is 1.29. The smallest absolute Gasteiger partial charge is 0.259 e. The van der Waals surface area contributed by atoms with Gasteiger partial charge in [0.1, 0.15) is 35.3 Å². The monoisotopic (exact) mass is 529 g/mol. The lowest BCUT2D eigenvalue weighted by atomic mass is 10.1. The highest BCUT2D eigenvalue weighted by Crippen LogP contribution is 2.36. The van der Waals surface area contributed by atoms with Crippen molar-refractivity contribution < 1.29 is 28.4 Å². The number of aromatic amines is 1. The number of benzene rings is 3. The number of methoxy groups -OCH3 is 3. The fourth-order valence-electron chi connectivity index (χ4n) is 4.21. The van der Waals surface area contributed by atoms with E-state index in [9.17, 15) is 4.79 Å². The first-order chi connectivity index (χ1) is 19.1. The summed E-state index contributed by atoms with van der Waals surface area (Å²) in [7, 11) is 4.67. The van der Waals surface area contributed by atoms with E-state index >= 15 is 0 Å². The molecule has 39 heavy (non-hydrogen) atoms. The van der Waals surface area contributed by atoms with Gasteiger partial charge in [-0.1, -0.05) is 5.21 Å². The molecule has 1 N–H and O–H groups in total. The number of hydrogen-bond donors (Lipinski definition) is 1. The molecule has 0 unspecified atom stereocenters. The number of hydrogen-bond acceptors (Lipinski definition) is 10. The fraction of sp³-hybridized carbons (Fsp3) is 0.185. The van der Waals surface area contributed by atoms with Gasteiger partial charge in [-0.05, 0) is 36.4 Å². The first-order valence-electron chi connectivity index (χ1n) is 11.8. The summed E-state index contributed by atoms with van der Waals surface area (Å²) in [6, 6.07) is 14.0. The average Bonchev–Trinajstić information content (AvgIpc) is 3.64. The van der Waals surface area contributed by atoms with Gasteiger partial charge in [-0.25, -0.2) is 9.67 Å². The van der Waals surface area contributed by atoms with Gasteiger partial charge < -0.3 is 33.4 Å². The lowest BCUT2D eigenvalue weighted by Crippen LogP contribution is -2.10. The second-order valence-corrected chi connectivity index (χ2v) is 8.48. The maximum Gasteiger partial charge on any atom is 0.259 e. The number of ether oxygens (including phenoxy) is 6. The van der Waals surface area contributed by atoms with E-state index in [2.05, 4.69) is 20.3 Å². The van der Waals surface area contributed by atoms with Gasteiger partial charge in [0.2, 0.25) is 6.79 Å². The zero-order valence-corrected chi connectivity index (χ0v) is 21.3. The molecule has 3 heterocycles. The number of nitrogens with zero attached hydrogens (tertiary/aromatic N) is 4. The summed E-state index contributed by atoms with van der Waals surface area (Å²) >= 11 is 0. The highest BCUT2D eigenvalue weighted by molar-refractivity contribution is 5.83. The van der Waals surface area contributed by atoms with Gasteiger partial charge in [0.05, 0.1) is 38.4 Å². The Morgan fingerprint density at radius 1 is 0.923 bits per heavy atom.